The number of esters is 1. The molecular formula is C32H40N2O4. The van der Waals surface area contributed by atoms with E-state index in [1.807, 2.05) is 60.7 Å². The molecule has 2 aliphatic heterocycles. The van der Waals surface area contributed by atoms with E-state index in [-0.39, 0.29) is 29.3 Å². The number of allylic oxidation sites excluding steroid dienone is 1. The highest BCUT2D eigenvalue weighted by Gasteiger charge is 2.60. The SMILES string of the molecule is CC1CCC=C2CC3OC(=O)C(CN4CCN(C(O)(c5ccccc5)c5ccccc5)CC4)C3C(O)C21C. The van der Waals surface area contributed by atoms with Gasteiger partial charge in [0.15, 0.2) is 5.72 Å². The third kappa shape index (κ3) is 4.04. The van der Waals surface area contributed by atoms with E-state index in [0.717, 1.165) is 43.5 Å². The molecule has 0 amide bonds. The molecule has 6 atom stereocenters. The maximum Gasteiger partial charge on any atom is 0.311 e. The number of piperazine rings is 1. The average molecular weight is 517 g/mol. The highest BCUT2D eigenvalue weighted by atomic mass is 16.6. The topological polar surface area (TPSA) is 73.2 Å². The molecule has 6 nitrogen and oxygen atoms in total. The Kier molecular flexibility index (Phi) is 6.71. The summed E-state index contributed by atoms with van der Waals surface area (Å²) in [7, 11) is 0. The van der Waals surface area contributed by atoms with Crippen molar-refractivity contribution in [3.8, 4) is 0 Å². The molecule has 1 saturated carbocycles. The number of benzene rings is 2. The summed E-state index contributed by atoms with van der Waals surface area (Å²) in [5.41, 5.74) is 1.47. The molecule has 2 N–H and O–H groups in total. The molecule has 4 aliphatic rings. The minimum absolute atomic E-state index is 0.165. The van der Waals surface area contributed by atoms with Crippen LogP contribution in [0.2, 0.25) is 0 Å². The first-order chi connectivity index (χ1) is 18.3. The summed E-state index contributed by atoms with van der Waals surface area (Å²) in [6, 6.07) is 19.7. The van der Waals surface area contributed by atoms with E-state index in [1.165, 1.54) is 5.57 Å². The summed E-state index contributed by atoms with van der Waals surface area (Å²) in [6.07, 6.45) is 4.33. The third-order valence-corrected chi connectivity index (χ3v) is 10.2. The van der Waals surface area contributed by atoms with Gasteiger partial charge in [-0.3, -0.25) is 14.6 Å². The van der Waals surface area contributed by atoms with Crippen LogP contribution in [0.4, 0.5) is 0 Å². The standard InChI is InChI=1S/C32H40N2O4/c1-22-10-9-15-25-20-27-28(29(35)31(22,25)2)26(30(36)38-27)21-33-16-18-34(19-17-33)32(37,23-11-5-3-6-12-23)24-13-7-4-8-14-24/h3-8,11-15,22,26-29,35,37H,9-10,16-21H2,1-2H3. The quantitative estimate of drug-likeness (QED) is 0.466. The van der Waals surface area contributed by atoms with E-state index in [2.05, 4.69) is 29.7 Å². The number of fused-ring (bicyclic) bond motifs is 2. The Hall–Kier alpha value is -2.51. The molecule has 0 spiro atoms. The Balaban J connectivity index is 1.18. The van der Waals surface area contributed by atoms with Crippen LogP contribution in [0.5, 0.6) is 0 Å². The van der Waals surface area contributed by atoms with Gasteiger partial charge >= 0.3 is 5.97 Å². The Morgan fingerprint density at radius 3 is 2.21 bits per heavy atom. The fourth-order valence-electron chi connectivity index (χ4n) is 7.68. The third-order valence-electron chi connectivity index (χ3n) is 10.2. The number of rotatable bonds is 5. The van der Waals surface area contributed by atoms with E-state index in [9.17, 15) is 15.0 Å². The fraction of sp³-hybridized carbons (Fsp3) is 0.531. The van der Waals surface area contributed by atoms with Crippen LogP contribution in [-0.4, -0.2) is 70.9 Å². The predicted octanol–water partition coefficient (Wildman–Crippen LogP) is 3.78. The maximum atomic E-state index is 13.1. The van der Waals surface area contributed by atoms with Gasteiger partial charge in [-0.2, -0.15) is 0 Å². The van der Waals surface area contributed by atoms with E-state index in [0.29, 0.717) is 25.6 Å². The van der Waals surface area contributed by atoms with E-state index < -0.39 is 11.8 Å². The van der Waals surface area contributed by atoms with Crippen LogP contribution in [0.15, 0.2) is 72.3 Å². The lowest BCUT2D eigenvalue weighted by atomic mass is 9.55. The van der Waals surface area contributed by atoms with E-state index >= 15 is 0 Å². The van der Waals surface area contributed by atoms with E-state index in [1.54, 1.807) is 0 Å². The van der Waals surface area contributed by atoms with Gasteiger partial charge < -0.3 is 14.9 Å². The molecule has 2 aliphatic carbocycles. The van der Waals surface area contributed by atoms with Crippen molar-refractivity contribution in [3.63, 3.8) is 0 Å². The predicted molar refractivity (Wildman–Crippen MR) is 146 cm³/mol. The number of aliphatic hydroxyl groups excluding tert-OH is 1. The molecule has 202 valence electrons. The molecule has 6 unspecified atom stereocenters. The number of hydrogen-bond acceptors (Lipinski definition) is 6. The normalized spacial score (nSPS) is 34.3. The second kappa shape index (κ2) is 9.91. The van der Waals surface area contributed by atoms with Crippen LogP contribution >= 0.6 is 0 Å². The molecule has 0 aromatic heterocycles. The Morgan fingerprint density at radius 1 is 1.00 bits per heavy atom. The lowest BCUT2D eigenvalue weighted by Gasteiger charge is -2.52. The first-order valence-electron chi connectivity index (χ1n) is 14.2. The molecule has 2 aromatic carbocycles. The van der Waals surface area contributed by atoms with Gasteiger partial charge in [-0.1, -0.05) is 86.2 Å². The molecule has 0 radical (unpaired) electrons. The van der Waals surface area contributed by atoms with Gasteiger partial charge in [0, 0.05) is 61.6 Å². The Morgan fingerprint density at radius 2 is 1.61 bits per heavy atom. The van der Waals surface area contributed by atoms with Gasteiger partial charge in [-0.25, -0.2) is 0 Å². The molecule has 2 saturated heterocycles. The maximum absolute atomic E-state index is 13.1. The highest BCUT2D eigenvalue weighted by Crippen LogP contribution is 2.56. The van der Waals surface area contributed by atoms with Crippen LogP contribution in [0.1, 0.15) is 44.2 Å². The Labute approximate surface area is 225 Å². The largest absolute Gasteiger partial charge is 0.461 e. The highest BCUT2D eigenvalue weighted by molar-refractivity contribution is 5.76. The smallest absolute Gasteiger partial charge is 0.311 e. The zero-order chi connectivity index (χ0) is 26.5. The van der Waals surface area contributed by atoms with Gasteiger partial charge in [0.25, 0.3) is 0 Å². The zero-order valence-corrected chi connectivity index (χ0v) is 22.5. The van der Waals surface area contributed by atoms with Crippen molar-refractivity contribution in [1.82, 2.24) is 9.80 Å². The summed E-state index contributed by atoms with van der Waals surface area (Å²) in [6.45, 7) is 7.82. The van der Waals surface area contributed by atoms with Crippen molar-refractivity contribution in [2.45, 2.75) is 51.0 Å². The molecule has 2 aromatic rings. The van der Waals surface area contributed by atoms with E-state index in [4.69, 9.17) is 4.74 Å². The Bertz CT molecular complexity index is 1140. The molecule has 3 fully saturated rings. The number of aliphatic hydroxyl groups is 2. The number of ether oxygens (including phenoxy) is 1. The van der Waals surface area contributed by atoms with Crippen LogP contribution in [0, 0.1) is 23.2 Å². The summed E-state index contributed by atoms with van der Waals surface area (Å²) in [4.78, 5) is 17.6. The summed E-state index contributed by atoms with van der Waals surface area (Å²) in [5, 5.41) is 23.8. The van der Waals surface area contributed by atoms with Gasteiger partial charge in [0.2, 0.25) is 0 Å². The number of carbonyl (C=O) groups is 1. The van der Waals surface area contributed by atoms with Crippen molar-refractivity contribution >= 4 is 5.97 Å². The minimum Gasteiger partial charge on any atom is -0.461 e. The van der Waals surface area contributed by atoms with Crippen molar-refractivity contribution in [3.05, 3.63) is 83.4 Å². The van der Waals surface area contributed by atoms with Gasteiger partial charge in [0.1, 0.15) is 6.10 Å². The van der Waals surface area contributed by atoms with Crippen LogP contribution in [-0.2, 0) is 15.3 Å². The number of carbonyl (C=O) groups excluding carboxylic acids is 1. The van der Waals surface area contributed by atoms with Crippen LogP contribution in [0.25, 0.3) is 0 Å². The van der Waals surface area contributed by atoms with Crippen molar-refractivity contribution < 1.29 is 19.7 Å². The summed E-state index contributed by atoms with van der Waals surface area (Å²) < 4.78 is 5.89. The monoisotopic (exact) mass is 516 g/mol. The molecule has 38 heavy (non-hydrogen) atoms. The van der Waals surface area contributed by atoms with Crippen molar-refractivity contribution in [2.75, 3.05) is 32.7 Å². The second-order valence-electron chi connectivity index (χ2n) is 12.0. The van der Waals surface area contributed by atoms with Crippen molar-refractivity contribution in [1.29, 1.82) is 0 Å². The minimum atomic E-state index is -1.22. The summed E-state index contributed by atoms with van der Waals surface area (Å²) >= 11 is 0. The molecule has 6 rings (SSSR count). The lowest BCUT2D eigenvalue weighted by Crippen LogP contribution is -2.58. The van der Waals surface area contributed by atoms with Gasteiger partial charge in [-0.15, -0.1) is 0 Å². The summed E-state index contributed by atoms with van der Waals surface area (Å²) in [5.74, 6) is -0.279. The second-order valence-corrected chi connectivity index (χ2v) is 12.0. The zero-order valence-electron chi connectivity index (χ0n) is 22.5. The first kappa shape index (κ1) is 25.8. The van der Waals surface area contributed by atoms with Gasteiger partial charge in [-0.05, 0) is 18.8 Å². The first-order valence-corrected chi connectivity index (χ1v) is 14.2. The molecular weight excluding hydrogens is 476 g/mol. The van der Waals surface area contributed by atoms with Crippen LogP contribution in [0.3, 0.4) is 0 Å². The fourth-order valence-corrected chi connectivity index (χ4v) is 7.68. The lowest BCUT2D eigenvalue weighted by molar-refractivity contribution is -0.145. The van der Waals surface area contributed by atoms with Crippen molar-refractivity contribution in [2.24, 2.45) is 23.2 Å². The average Bonchev–Trinajstić information content (AvgIpc) is 3.26. The molecule has 2 heterocycles. The molecule has 0 bridgehead atoms. The molecule has 6 heteroatoms. The van der Waals surface area contributed by atoms with Crippen LogP contribution < -0.4 is 0 Å². The van der Waals surface area contributed by atoms with Gasteiger partial charge in [0.05, 0.1) is 12.0 Å². The number of nitrogens with zero attached hydrogens (tertiary/aromatic N) is 2. The number of hydrogen-bond donors (Lipinski definition) is 2.